The average molecular weight is 344 g/mol. The van der Waals surface area contributed by atoms with E-state index < -0.39 is 5.97 Å². The van der Waals surface area contributed by atoms with Crippen LogP contribution >= 0.6 is 0 Å². The van der Waals surface area contributed by atoms with Gasteiger partial charge in [0.25, 0.3) is 0 Å². The van der Waals surface area contributed by atoms with Crippen LogP contribution in [0.5, 0.6) is 0 Å². The molecule has 0 unspecified atom stereocenters. The summed E-state index contributed by atoms with van der Waals surface area (Å²) in [5.41, 5.74) is 2.11. The van der Waals surface area contributed by atoms with Gasteiger partial charge in [0, 0.05) is 18.2 Å². The number of rotatable bonds is 4. The Morgan fingerprint density at radius 3 is 2.48 bits per heavy atom. The number of hydrogen-bond donors (Lipinski definition) is 2. The van der Waals surface area contributed by atoms with Crippen molar-refractivity contribution in [1.29, 1.82) is 0 Å². The summed E-state index contributed by atoms with van der Waals surface area (Å²) < 4.78 is 0. The van der Waals surface area contributed by atoms with Crippen LogP contribution in [0, 0.1) is 11.8 Å². The molecule has 2 amide bonds. The lowest BCUT2D eigenvalue weighted by atomic mass is 9.81. The Morgan fingerprint density at radius 2 is 1.76 bits per heavy atom. The smallest absolute Gasteiger partial charge is 0.306 e. The van der Waals surface area contributed by atoms with Crippen LogP contribution in [0.3, 0.4) is 0 Å². The minimum Gasteiger partial charge on any atom is -0.481 e. The molecule has 0 aromatic heterocycles. The summed E-state index contributed by atoms with van der Waals surface area (Å²) in [6.45, 7) is 0.668. The summed E-state index contributed by atoms with van der Waals surface area (Å²) >= 11 is 0. The molecule has 1 aliphatic carbocycles. The highest BCUT2D eigenvalue weighted by Crippen LogP contribution is 2.29. The van der Waals surface area contributed by atoms with Gasteiger partial charge >= 0.3 is 5.97 Å². The van der Waals surface area contributed by atoms with Crippen molar-refractivity contribution in [1.82, 2.24) is 5.32 Å². The molecule has 0 saturated heterocycles. The zero-order chi connectivity index (χ0) is 17.8. The van der Waals surface area contributed by atoms with Gasteiger partial charge in [-0.1, -0.05) is 18.2 Å². The van der Waals surface area contributed by atoms with Gasteiger partial charge in [0.1, 0.15) is 0 Å². The van der Waals surface area contributed by atoms with E-state index in [0.29, 0.717) is 32.2 Å². The fourth-order valence-corrected chi connectivity index (χ4v) is 3.80. The maximum atomic E-state index is 12.5. The lowest BCUT2D eigenvalue weighted by molar-refractivity contribution is -0.144. The monoisotopic (exact) mass is 344 g/mol. The van der Waals surface area contributed by atoms with E-state index >= 15 is 0 Å². The first-order valence-corrected chi connectivity index (χ1v) is 8.95. The lowest BCUT2D eigenvalue weighted by Gasteiger charge is -2.30. The van der Waals surface area contributed by atoms with Gasteiger partial charge in [-0.3, -0.25) is 14.4 Å². The number of nitrogens with zero attached hydrogens (tertiary/aromatic N) is 1. The molecule has 1 heterocycles. The van der Waals surface area contributed by atoms with Crippen LogP contribution in [0.15, 0.2) is 24.3 Å². The van der Waals surface area contributed by atoms with Crippen LogP contribution in [-0.4, -0.2) is 36.0 Å². The number of para-hydroxylation sites is 1. The third kappa shape index (κ3) is 4.00. The van der Waals surface area contributed by atoms with Gasteiger partial charge in [-0.05, 0) is 50.2 Å². The largest absolute Gasteiger partial charge is 0.481 e. The Morgan fingerprint density at radius 1 is 1.08 bits per heavy atom. The Hall–Kier alpha value is -2.37. The number of hydrogen-bond acceptors (Lipinski definition) is 3. The normalized spacial score (nSPS) is 22.8. The molecular weight excluding hydrogens is 320 g/mol. The van der Waals surface area contributed by atoms with E-state index in [1.54, 1.807) is 4.90 Å². The van der Waals surface area contributed by atoms with Crippen molar-refractivity contribution in [3.05, 3.63) is 29.8 Å². The molecule has 25 heavy (non-hydrogen) atoms. The van der Waals surface area contributed by atoms with E-state index in [1.165, 1.54) is 5.56 Å². The zero-order valence-electron chi connectivity index (χ0n) is 14.2. The molecule has 0 radical (unpaired) electrons. The molecule has 1 fully saturated rings. The highest BCUT2D eigenvalue weighted by Gasteiger charge is 2.30. The number of benzene rings is 1. The van der Waals surface area contributed by atoms with E-state index in [0.717, 1.165) is 18.5 Å². The SMILES string of the molecule is O=C(O)C1CCC(C(=O)NCC(=O)N2CCCc3ccccc32)CC1. The number of nitrogens with one attached hydrogen (secondary N) is 1. The number of fused-ring (bicyclic) bond motifs is 1. The van der Waals surface area contributed by atoms with E-state index in [2.05, 4.69) is 5.32 Å². The van der Waals surface area contributed by atoms with Crippen molar-refractivity contribution >= 4 is 23.5 Å². The van der Waals surface area contributed by atoms with Gasteiger partial charge < -0.3 is 15.3 Å². The van der Waals surface area contributed by atoms with E-state index in [1.807, 2.05) is 24.3 Å². The number of aryl methyl sites for hydroxylation is 1. The van der Waals surface area contributed by atoms with Crippen molar-refractivity contribution in [2.45, 2.75) is 38.5 Å². The number of carbonyl (C=O) groups excluding carboxylic acids is 2. The van der Waals surface area contributed by atoms with E-state index in [-0.39, 0.29) is 30.2 Å². The Bertz CT molecular complexity index is 665. The Labute approximate surface area is 147 Å². The molecule has 0 atom stereocenters. The summed E-state index contributed by atoms with van der Waals surface area (Å²) in [4.78, 5) is 37.5. The number of aliphatic carboxylic acids is 1. The number of anilines is 1. The van der Waals surface area contributed by atoms with Crippen molar-refractivity contribution < 1.29 is 19.5 Å². The zero-order valence-corrected chi connectivity index (χ0v) is 14.2. The van der Waals surface area contributed by atoms with Crippen LogP contribution in [0.4, 0.5) is 5.69 Å². The molecule has 2 aliphatic rings. The topological polar surface area (TPSA) is 86.7 Å². The standard InChI is InChI=1S/C19H24N2O4/c22-17(21-11-3-5-13-4-1-2-6-16(13)21)12-20-18(23)14-7-9-15(10-8-14)19(24)25/h1-2,4,6,14-15H,3,5,7-12H2,(H,20,23)(H,24,25). The molecular formula is C19H24N2O4. The summed E-state index contributed by atoms with van der Waals surface area (Å²) in [5.74, 6) is -1.53. The molecule has 1 aliphatic heterocycles. The Balaban J connectivity index is 1.51. The number of amides is 2. The molecule has 6 nitrogen and oxygen atoms in total. The van der Waals surface area contributed by atoms with Crippen LogP contribution in [0.2, 0.25) is 0 Å². The lowest BCUT2D eigenvalue weighted by Crippen LogP contribution is -2.44. The van der Waals surface area contributed by atoms with Crippen molar-refractivity contribution in [2.24, 2.45) is 11.8 Å². The maximum absolute atomic E-state index is 12.5. The molecule has 1 saturated carbocycles. The summed E-state index contributed by atoms with van der Waals surface area (Å²) in [5, 5.41) is 11.8. The van der Waals surface area contributed by atoms with Gasteiger partial charge in [0.2, 0.25) is 11.8 Å². The first-order valence-electron chi connectivity index (χ1n) is 8.95. The van der Waals surface area contributed by atoms with Crippen molar-refractivity contribution in [2.75, 3.05) is 18.0 Å². The predicted molar refractivity (Wildman–Crippen MR) is 93.2 cm³/mol. The molecule has 0 bridgehead atoms. The molecule has 0 spiro atoms. The second kappa shape index (κ2) is 7.68. The third-order valence-electron chi connectivity index (χ3n) is 5.27. The second-order valence-electron chi connectivity index (χ2n) is 6.88. The van der Waals surface area contributed by atoms with Gasteiger partial charge in [-0.15, -0.1) is 0 Å². The minimum atomic E-state index is -0.780. The Kier molecular flexibility index (Phi) is 5.36. The number of carboxylic acids is 1. The fraction of sp³-hybridized carbons (Fsp3) is 0.526. The van der Waals surface area contributed by atoms with Gasteiger partial charge in [-0.2, -0.15) is 0 Å². The number of carboxylic acid groups (broad SMARTS) is 1. The van der Waals surface area contributed by atoms with E-state index in [4.69, 9.17) is 5.11 Å². The quantitative estimate of drug-likeness (QED) is 0.874. The molecule has 2 N–H and O–H groups in total. The molecule has 1 aromatic carbocycles. The molecule has 6 heteroatoms. The maximum Gasteiger partial charge on any atom is 0.306 e. The predicted octanol–water partition coefficient (Wildman–Crippen LogP) is 1.97. The first-order chi connectivity index (χ1) is 12.1. The number of carbonyl (C=O) groups is 3. The van der Waals surface area contributed by atoms with Crippen LogP contribution < -0.4 is 10.2 Å². The molecule has 3 rings (SSSR count). The highest BCUT2D eigenvalue weighted by molar-refractivity contribution is 5.97. The van der Waals surface area contributed by atoms with Crippen LogP contribution in [0.25, 0.3) is 0 Å². The van der Waals surface area contributed by atoms with Crippen LogP contribution in [0.1, 0.15) is 37.7 Å². The third-order valence-corrected chi connectivity index (χ3v) is 5.27. The fourth-order valence-electron chi connectivity index (χ4n) is 3.80. The molecule has 1 aromatic rings. The minimum absolute atomic E-state index is 0.00791. The molecule has 134 valence electrons. The summed E-state index contributed by atoms with van der Waals surface area (Å²) in [7, 11) is 0. The first kappa shape index (κ1) is 17.5. The van der Waals surface area contributed by atoms with Crippen LogP contribution in [-0.2, 0) is 20.8 Å². The van der Waals surface area contributed by atoms with Gasteiger partial charge in [0.15, 0.2) is 0 Å². The van der Waals surface area contributed by atoms with Gasteiger partial charge in [-0.25, -0.2) is 0 Å². The highest BCUT2D eigenvalue weighted by atomic mass is 16.4. The summed E-state index contributed by atoms with van der Waals surface area (Å²) in [6.07, 6.45) is 4.10. The average Bonchev–Trinajstić information content (AvgIpc) is 2.65. The van der Waals surface area contributed by atoms with Crippen molar-refractivity contribution in [3.8, 4) is 0 Å². The van der Waals surface area contributed by atoms with Gasteiger partial charge in [0.05, 0.1) is 12.5 Å². The van der Waals surface area contributed by atoms with E-state index in [9.17, 15) is 14.4 Å². The second-order valence-corrected chi connectivity index (χ2v) is 6.88. The summed E-state index contributed by atoms with van der Waals surface area (Å²) in [6, 6.07) is 7.88. The van der Waals surface area contributed by atoms with Crippen molar-refractivity contribution in [3.63, 3.8) is 0 Å².